The average Bonchev–Trinajstić information content (AvgIpc) is 3.04. The van der Waals surface area contributed by atoms with Crippen LogP contribution in [0.2, 0.25) is 0 Å². The van der Waals surface area contributed by atoms with E-state index in [0.29, 0.717) is 12.8 Å². The van der Waals surface area contributed by atoms with Crippen molar-refractivity contribution in [1.82, 2.24) is 5.32 Å². The number of nitrogens with one attached hydrogen (secondary N) is 1. The fraction of sp³-hybridized carbons (Fsp3) is 0.725. The highest BCUT2D eigenvalue weighted by atomic mass is 16.5. The highest BCUT2D eigenvalue weighted by Crippen LogP contribution is 2.15. The number of carboxylic acid groups (broad SMARTS) is 1. The molecule has 0 aromatic rings. The van der Waals surface area contributed by atoms with Crippen molar-refractivity contribution in [3.05, 3.63) is 48.6 Å². The molecule has 0 radical (unpaired) electrons. The normalized spacial score (nSPS) is 12.6. The predicted octanol–water partition coefficient (Wildman–Crippen LogP) is 11.1. The smallest absolute Gasteiger partial charge is 0.322 e. The predicted molar refractivity (Wildman–Crippen MR) is 194 cm³/mol. The summed E-state index contributed by atoms with van der Waals surface area (Å²) < 4.78 is 5.88. The number of hydrogen-bond acceptors (Lipinski definition) is 4. The van der Waals surface area contributed by atoms with Gasteiger partial charge in [0, 0.05) is 12.8 Å². The molecule has 0 aliphatic heterocycles. The lowest BCUT2D eigenvalue weighted by Crippen LogP contribution is -2.28. The van der Waals surface area contributed by atoms with Crippen molar-refractivity contribution in [2.24, 2.45) is 0 Å². The van der Waals surface area contributed by atoms with Gasteiger partial charge in [0.25, 0.3) is 0 Å². The van der Waals surface area contributed by atoms with Gasteiger partial charge in [-0.1, -0.05) is 133 Å². The zero-order valence-electron chi connectivity index (χ0n) is 29.7. The Bertz CT molecular complexity index is 845. The third-order valence-corrected chi connectivity index (χ3v) is 7.97. The fourth-order valence-electron chi connectivity index (χ4n) is 5.21. The Balaban J connectivity index is 4.20. The maximum atomic E-state index is 12.6. The average molecular weight is 644 g/mol. The van der Waals surface area contributed by atoms with Gasteiger partial charge in [-0.05, 0) is 76.7 Å². The first-order chi connectivity index (χ1) is 22.5. The Kier molecular flexibility index (Phi) is 33.2. The summed E-state index contributed by atoms with van der Waals surface area (Å²) in [4.78, 5) is 34.7. The molecule has 264 valence electrons. The van der Waals surface area contributed by atoms with Crippen molar-refractivity contribution in [3.63, 3.8) is 0 Å². The number of carbonyl (C=O) groups excluding carboxylic acids is 2. The lowest BCUT2D eigenvalue weighted by molar-refractivity contribution is -0.147. The minimum absolute atomic E-state index is 0.0892. The van der Waals surface area contributed by atoms with E-state index in [9.17, 15) is 14.4 Å². The van der Waals surface area contributed by atoms with Crippen molar-refractivity contribution < 1.29 is 24.2 Å². The molecule has 0 spiro atoms. The number of carbonyl (C=O) groups is 3. The second-order valence-corrected chi connectivity index (χ2v) is 12.4. The first kappa shape index (κ1) is 43.4. The van der Waals surface area contributed by atoms with Crippen LogP contribution in [0.15, 0.2) is 48.6 Å². The van der Waals surface area contributed by atoms with E-state index < -0.39 is 5.97 Å². The molecule has 0 saturated heterocycles. The van der Waals surface area contributed by atoms with E-state index in [-0.39, 0.29) is 24.5 Å². The van der Waals surface area contributed by atoms with Crippen LogP contribution in [0.4, 0.5) is 0 Å². The fourth-order valence-corrected chi connectivity index (χ4v) is 5.21. The highest BCUT2D eigenvalue weighted by molar-refractivity contribution is 5.80. The minimum atomic E-state index is -1.02. The summed E-state index contributed by atoms with van der Waals surface area (Å²) in [5, 5.41) is 11.0. The van der Waals surface area contributed by atoms with Crippen molar-refractivity contribution in [2.45, 2.75) is 180 Å². The van der Waals surface area contributed by atoms with E-state index in [2.05, 4.69) is 67.8 Å². The number of carboxylic acids is 1. The highest BCUT2D eigenvalue weighted by Gasteiger charge is 2.11. The SMILES string of the molecule is CC/C=C\C/C=C\C/C=C\C(CCCCCCCCC(=O)NCC(=O)O)OC(=O)CCCCCCC/C=C\CCCCCCCC. The zero-order valence-corrected chi connectivity index (χ0v) is 29.7. The lowest BCUT2D eigenvalue weighted by Gasteiger charge is -2.14. The molecule has 1 atom stereocenters. The summed E-state index contributed by atoms with van der Waals surface area (Å²) >= 11 is 0. The number of hydrogen-bond donors (Lipinski definition) is 2. The maximum Gasteiger partial charge on any atom is 0.322 e. The van der Waals surface area contributed by atoms with Crippen LogP contribution >= 0.6 is 0 Å². The molecule has 6 heteroatoms. The van der Waals surface area contributed by atoms with E-state index in [0.717, 1.165) is 77.0 Å². The van der Waals surface area contributed by atoms with Crippen LogP contribution in [-0.2, 0) is 19.1 Å². The van der Waals surface area contributed by atoms with Gasteiger partial charge in [0.2, 0.25) is 5.91 Å². The molecule has 0 aliphatic rings. The summed E-state index contributed by atoms with van der Waals surface area (Å²) in [5.74, 6) is -1.31. The van der Waals surface area contributed by atoms with Crippen molar-refractivity contribution in [3.8, 4) is 0 Å². The molecule has 0 aromatic carbocycles. The summed E-state index contributed by atoms with van der Waals surface area (Å²) in [5.41, 5.74) is 0. The molecular formula is C40H69NO5. The molecule has 0 saturated carbocycles. The van der Waals surface area contributed by atoms with Crippen LogP contribution in [0.5, 0.6) is 0 Å². The number of rotatable bonds is 33. The molecule has 0 fully saturated rings. The number of aliphatic carboxylic acids is 1. The molecule has 0 aromatic heterocycles. The van der Waals surface area contributed by atoms with E-state index in [1.807, 2.05) is 0 Å². The number of esters is 1. The standard InChI is InChI=1S/C40H69NO5/c1-3-5-7-9-11-13-14-15-16-17-18-19-21-27-31-35-40(45)46-37(32-28-24-20-12-10-8-6-4-2)33-29-25-22-23-26-30-34-38(42)41-36-39(43)44/h6,8,12,15-16,20,28,32,37H,3-5,7,9-11,13-14,17-19,21-27,29-31,33-36H2,1-2H3,(H,41,42)(H,43,44)/b8-6-,16-15-,20-12-,32-28-. The molecule has 6 nitrogen and oxygen atoms in total. The van der Waals surface area contributed by atoms with Crippen molar-refractivity contribution in [2.75, 3.05) is 6.54 Å². The Morgan fingerprint density at radius 3 is 1.74 bits per heavy atom. The van der Waals surface area contributed by atoms with E-state index >= 15 is 0 Å². The number of allylic oxidation sites excluding steroid dienone is 7. The van der Waals surface area contributed by atoms with E-state index in [1.54, 1.807) is 0 Å². The monoisotopic (exact) mass is 644 g/mol. The molecule has 46 heavy (non-hydrogen) atoms. The van der Waals surface area contributed by atoms with Gasteiger partial charge in [-0.2, -0.15) is 0 Å². The van der Waals surface area contributed by atoms with Crippen molar-refractivity contribution in [1.29, 1.82) is 0 Å². The van der Waals surface area contributed by atoms with Crippen LogP contribution in [0, 0.1) is 0 Å². The second kappa shape index (κ2) is 35.2. The molecule has 1 amide bonds. The Morgan fingerprint density at radius 1 is 0.609 bits per heavy atom. The van der Waals surface area contributed by atoms with Crippen molar-refractivity contribution >= 4 is 17.8 Å². The first-order valence-electron chi connectivity index (χ1n) is 18.8. The van der Waals surface area contributed by atoms with Gasteiger partial charge in [-0.3, -0.25) is 14.4 Å². The topological polar surface area (TPSA) is 92.7 Å². The summed E-state index contributed by atoms with van der Waals surface area (Å²) in [6.45, 7) is 4.08. The summed E-state index contributed by atoms with van der Waals surface area (Å²) in [6.07, 6.45) is 43.9. The van der Waals surface area contributed by atoms with Gasteiger partial charge in [0.05, 0.1) is 0 Å². The Hall–Kier alpha value is -2.63. The first-order valence-corrected chi connectivity index (χ1v) is 18.8. The van der Waals surface area contributed by atoms with Gasteiger partial charge in [0.15, 0.2) is 0 Å². The maximum absolute atomic E-state index is 12.6. The van der Waals surface area contributed by atoms with Crippen LogP contribution < -0.4 is 5.32 Å². The quantitative estimate of drug-likeness (QED) is 0.0422. The minimum Gasteiger partial charge on any atom is -0.480 e. The van der Waals surface area contributed by atoms with Gasteiger partial charge >= 0.3 is 11.9 Å². The largest absolute Gasteiger partial charge is 0.480 e. The number of amides is 1. The van der Waals surface area contributed by atoms with Gasteiger partial charge in [-0.15, -0.1) is 0 Å². The molecule has 0 aliphatic carbocycles. The summed E-state index contributed by atoms with van der Waals surface area (Å²) in [6, 6.07) is 0. The van der Waals surface area contributed by atoms with Crippen LogP contribution in [0.3, 0.4) is 0 Å². The van der Waals surface area contributed by atoms with Gasteiger partial charge < -0.3 is 15.2 Å². The Labute approximate surface area is 282 Å². The van der Waals surface area contributed by atoms with Gasteiger partial charge in [0.1, 0.15) is 12.6 Å². The van der Waals surface area contributed by atoms with Crippen LogP contribution in [-0.4, -0.2) is 35.6 Å². The molecule has 0 heterocycles. The molecular weight excluding hydrogens is 574 g/mol. The Morgan fingerprint density at radius 2 is 1.13 bits per heavy atom. The summed E-state index contributed by atoms with van der Waals surface area (Å²) in [7, 11) is 0. The third-order valence-electron chi connectivity index (χ3n) is 7.97. The lowest BCUT2D eigenvalue weighted by atomic mass is 10.1. The van der Waals surface area contributed by atoms with Crippen LogP contribution in [0.1, 0.15) is 174 Å². The number of unbranched alkanes of at least 4 members (excludes halogenated alkanes) is 16. The van der Waals surface area contributed by atoms with E-state index in [4.69, 9.17) is 9.84 Å². The van der Waals surface area contributed by atoms with Gasteiger partial charge in [-0.25, -0.2) is 0 Å². The zero-order chi connectivity index (χ0) is 33.8. The molecule has 1 unspecified atom stereocenters. The molecule has 0 bridgehead atoms. The third kappa shape index (κ3) is 34.2. The second-order valence-electron chi connectivity index (χ2n) is 12.4. The van der Waals surface area contributed by atoms with Crippen LogP contribution in [0.25, 0.3) is 0 Å². The molecule has 0 rings (SSSR count). The number of ether oxygens (including phenoxy) is 1. The molecule has 2 N–H and O–H groups in total. The van der Waals surface area contributed by atoms with E-state index in [1.165, 1.54) is 70.6 Å².